The smallest absolute Gasteiger partial charge is 0.0561 e. The Morgan fingerprint density at radius 1 is 1.50 bits per heavy atom. The highest BCUT2D eigenvalue weighted by molar-refractivity contribution is 7.12. The topological polar surface area (TPSA) is 49.5 Å². The summed E-state index contributed by atoms with van der Waals surface area (Å²) in [6.07, 6.45) is 0.545. The summed E-state index contributed by atoms with van der Waals surface area (Å²) in [6.45, 7) is 5.42. The van der Waals surface area contributed by atoms with Gasteiger partial charge in [-0.15, -0.1) is 11.3 Å². The molecule has 2 atom stereocenters. The Morgan fingerprint density at radius 3 is 2.62 bits per heavy atom. The van der Waals surface area contributed by atoms with Gasteiger partial charge < -0.3 is 10.8 Å². The van der Waals surface area contributed by atoms with Gasteiger partial charge in [-0.3, -0.25) is 4.90 Å². The highest BCUT2D eigenvalue weighted by Gasteiger charge is 2.17. The number of hydrogen-bond acceptors (Lipinski definition) is 4. The van der Waals surface area contributed by atoms with Crippen LogP contribution in [-0.4, -0.2) is 36.2 Å². The molecule has 3 N–H and O–H groups in total. The van der Waals surface area contributed by atoms with Crippen molar-refractivity contribution in [3.05, 3.63) is 21.9 Å². The summed E-state index contributed by atoms with van der Waals surface area (Å²) in [4.78, 5) is 4.85. The molecule has 16 heavy (non-hydrogen) atoms. The molecule has 3 nitrogen and oxygen atoms in total. The number of likely N-dealkylation sites (N-methyl/N-ethyl adjacent to an activating group) is 1. The van der Waals surface area contributed by atoms with Gasteiger partial charge in [0, 0.05) is 22.8 Å². The molecule has 4 heteroatoms. The summed E-state index contributed by atoms with van der Waals surface area (Å²) < 4.78 is 0. The minimum absolute atomic E-state index is 0.244. The summed E-state index contributed by atoms with van der Waals surface area (Å²) in [5.74, 6) is 0. The Bertz CT molecular complexity index is 312. The molecule has 0 fully saturated rings. The van der Waals surface area contributed by atoms with Crippen molar-refractivity contribution in [1.82, 2.24) is 4.90 Å². The standard InChI is InChI=1S/C12H22N2OS/c1-9(15)6-7-14(3)11(8-13)12-5-4-10(2)16-12/h4-5,9,11,15H,6-8,13H2,1-3H3. The average Bonchev–Trinajstić information content (AvgIpc) is 2.63. The third-order valence-electron chi connectivity index (χ3n) is 2.74. The lowest BCUT2D eigenvalue weighted by Crippen LogP contribution is -2.31. The summed E-state index contributed by atoms with van der Waals surface area (Å²) in [6, 6.07) is 4.55. The highest BCUT2D eigenvalue weighted by atomic mass is 32.1. The number of hydrogen-bond donors (Lipinski definition) is 2. The zero-order valence-corrected chi connectivity index (χ0v) is 11.1. The Labute approximate surface area is 102 Å². The van der Waals surface area contributed by atoms with Crippen LogP contribution < -0.4 is 5.73 Å². The molecule has 0 saturated carbocycles. The van der Waals surface area contributed by atoms with Gasteiger partial charge in [0.25, 0.3) is 0 Å². The van der Waals surface area contributed by atoms with Crippen LogP contribution >= 0.6 is 11.3 Å². The van der Waals surface area contributed by atoms with Crippen molar-refractivity contribution in [1.29, 1.82) is 0 Å². The number of thiophene rings is 1. The summed E-state index contributed by atoms with van der Waals surface area (Å²) in [7, 11) is 2.06. The summed E-state index contributed by atoms with van der Waals surface area (Å²) in [5.41, 5.74) is 5.82. The van der Waals surface area contributed by atoms with Crippen molar-refractivity contribution in [2.45, 2.75) is 32.4 Å². The fourth-order valence-corrected chi connectivity index (χ4v) is 2.75. The maximum Gasteiger partial charge on any atom is 0.0561 e. The van der Waals surface area contributed by atoms with Gasteiger partial charge in [0.1, 0.15) is 0 Å². The van der Waals surface area contributed by atoms with Crippen molar-refractivity contribution in [2.24, 2.45) is 5.73 Å². The van der Waals surface area contributed by atoms with E-state index in [1.807, 2.05) is 6.92 Å². The molecule has 0 aromatic carbocycles. The van der Waals surface area contributed by atoms with Gasteiger partial charge in [-0.2, -0.15) is 0 Å². The number of nitrogens with zero attached hydrogens (tertiary/aromatic N) is 1. The second-order valence-corrected chi connectivity index (χ2v) is 5.64. The van der Waals surface area contributed by atoms with Crippen LogP contribution in [0.4, 0.5) is 0 Å². The van der Waals surface area contributed by atoms with Crippen molar-refractivity contribution in [2.75, 3.05) is 20.1 Å². The Balaban J connectivity index is 2.59. The van der Waals surface area contributed by atoms with E-state index < -0.39 is 0 Å². The van der Waals surface area contributed by atoms with Gasteiger partial charge in [0.05, 0.1) is 12.1 Å². The van der Waals surface area contributed by atoms with Crippen LogP contribution in [0, 0.1) is 6.92 Å². The Hall–Kier alpha value is -0.420. The van der Waals surface area contributed by atoms with E-state index in [0.717, 1.165) is 13.0 Å². The number of rotatable bonds is 6. The first-order chi connectivity index (χ1) is 7.54. The van der Waals surface area contributed by atoms with E-state index >= 15 is 0 Å². The van der Waals surface area contributed by atoms with E-state index in [1.54, 1.807) is 11.3 Å². The third kappa shape index (κ3) is 3.87. The van der Waals surface area contributed by atoms with Crippen molar-refractivity contribution in [3.63, 3.8) is 0 Å². The largest absolute Gasteiger partial charge is 0.393 e. The van der Waals surface area contributed by atoms with E-state index in [0.29, 0.717) is 6.54 Å². The van der Waals surface area contributed by atoms with E-state index in [4.69, 9.17) is 5.73 Å². The Kier molecular flexibility index (Phi) is 5.41. The SMILES string of the molecule is Cc1ccc(C(CN)N(C)CCC(C)O)s1. The van der Waals surface area contributed by atoms with Crippen LogP contribution in [0.1, 0.15) is 29.1 Å². The first-order valence-electron chi connectivity index (χ1n) is 5.69. The zero-order valence-electron chi connectivity index (χ0n) is 10.3. The number of aryl methyl sites for hydroxylation is 1. The minimum atomic E-state index is -0.244. The lowest BCUT2D eigenvalue weighted by atomic mass is 10.2. The normalized spacial score (nSPS) is 15.4. The predicted octanol–water partition coefficient (Wildman–Crippen LogP) is 1.76. The first-order valence-corrected chi connectivity index (χ1v) is 6.51. The van der Waals surface area contributed by atoms with Crippen molar-refractivity contribution < 1.29 is 5.11 Å². The zero-order chi connectivity index (χ0) is 12.1. The minimum Gasteiger partial charge on any atom is -0.393 e. The molecule has 2 unspecified atom stereocenters. The van der Waals surface area contributed by atoms with E-state index in [-0.39, 0.29) is 12.1 Å². The van der Waals surface area contributed by atoms with Gasteiger partial charge >= 0.3 is 0 Å². The fraction of sp³-hybridized carbons (Fsp3) is 0.667. The van der Waals surface area contributed by atoms with Crippen LogP contribution in [0.5, 0.6) is 0 Å². The van der Waals surface area contributed by atoms with Crippen LogP contribution in [-0.2, 0) is 0 Å². The molecule has 1 rings (SSSR count). The molecule has 92 valence electrons. The predicted molar refractivity (Wildman–Crippen MR) is 69.8 cm³/mol. The van der Waals surface area contributed by atoms with Crippen LogP contribution in [0.15, 0.2) is 12.1 Å². The van der Waals surface area contributed by atoms with Gasteiger partial charge in [0.2, 0.25) is 0 Å². The molecular formula is C12H22N2OS. The molecule has 1 aromatic rings. The number of nitrogens with two attached hydrogens (primary N) is 1. The molecular weight excluding hydrogens is 220 g/mol. The molecule has 0 aliphatic heterocycles. The summed E-state index contributed by atoms with van der Waals surface area (Å²) in [5, 5.41) is 9.28. The van der Waals surface area contributed by atoms with E-state index in [1.165, 1.54) is 9.75 Å². The highest BCUT2D eigenvalue weighted by Crippen LogP contribution is 2.26. The number of aliphatic hydroxyl groups excluding tert-OH is 1. The molecule has 0 amide bonds. The third-order valence-corrected chi connectivity index (χ3v) is 3.85. The van der Waals surface area contributed by atoms with E-state index in [2.05, 4.69) is 31.0 Å². The molecule has 0 aliphatic carbocycles. The summed E-state index contributed by atoms with van der Waals surface area (Å²) >= 11 is 1.80. The fourth-order valence-electron chi connectivity index (χ4n) is 1.69. The maximum absolute atomic E-state index is 9.28. The molecule has 0 spiro atoms. The number of aliphatic hydroxyl groups is 1. The molecule has 1 aromatic heterocycles. The molecule has 0 radical (unpaired) electrons. The van der Waals surface area contributed by atoms with Crippen molar-refractivity contribution in [3.8, 4) is 0 Å². The molecule has 1 heterocycles. The second kappa shape index (κ2) is 6.35. The average molecular weight is 242 g/mol. The lowest BCUT2D eigenvalue weighted by molar-refractivity contribution is 0.151. The van der Waals surface area contributed by atoms with Gasteiger partial charge in [-0.25, -0.2) is 0 Å². The molecule has 0 bridgehead atoms. The van der Waals surface area contributed by atoms with Gasteiger partial charge in [-0.05, 0) is 39.4 Å². The molecule has 0 saturated heterocycles. The van der Waals surface area contributed by atoms with Gasteiger partial charge in [0.15, 0.2) is 0 Å². The van der Waals surface area contributed by atoms with Gasteiger partial charge in [-0.1, -0.05) is 0 Å². The quantitative estimate of drug-likeness (QED) is 0.799. The first kappa shape index (κ1) is 13.6. The monoisotopic (exact) mass is 242 g/mol. The van der Waals surface area contributed by atoms with Crippen LogP contribution in [0.2, 0.25) is 0 Å². The van der Waals surface area contributed by atoms with E-state index in [9.17, 15) is 5.11 Å². The second-order valence-electron chi connectivity index (χ2n) is 4.32. The lowest BCUT2D eigenvalue weighted by Gasteiger charge is -2.26. The van der Waals surface area contributed by atoms with Crippen LogP contribution in [0.3, 0.4) is 0 Å². The Morgan fingerprint density at radius 2 is 2.19 bits per heavy atom. The van der Waals surface area contributed by atoms with Crippen molar-refractivity contribution >= 4 is 11.3 Å². The van der Waals surface area contributed by atoms with Crippen LogP contribution in [0.25, 0.3) is 0 Å². The maximum atomic E-state index is 9.28. The molecule has 0 aliphatic rings.